The van der Waals surface area contributed by atoms with Gasteiger partial charge in [0.15, 0.2) is 0 Å². The maximum atomic E-state index is 10.7. The fourth-order valence-corrected chi connectivity index (χ4v) is 3.46. The number of nitrogens with zero attached hydrogens (tertiary/aromatic N) is 2. The van der Waals surface area contributed by atoms with Crippen molar-refractivity contribution in [1.29, 1.82) is 0 Å². The summed E-state index contributed by atoms with van der Waals surface area (Å²) < 4.78 is 1.99. The Morgan fingerprint density at radius 2 is 2.10 bits per heavy atom. The van der Waals surface area contributed by atoms with E-state index in [1.807, 2.05) is 17.9 Å². The van der Waals surface area contributed by atoms with Gasteiger partial charge >= 0.3 is 0 Å². The Bertz CT molecular complexity index is 421. The van der Waals surface area contributed by atoms with E-state index >= 15 is 0 Å². The molecule has 0 bridgehead atoms. The number of rotatable bonds is 7. The van der Waals surface area contributed by atoms with Crippen molar-refractivity contribution >= 4 is 0 Å². The van der Waals surface area contributed by atoms with Crippen LogP contribution in [0.15, 0.2) is 6.20 Å². The number of aryl methyl sites for hydroxylation is 1. The van der Waals surface area contributed by atoms with Crippen LogP contribution in [0.2, 0.25) is 0 Å². The lowest BCUT2D eigenvalue weighted by Crippen LogP contribution is -2.42. The first-order chi connectivity index (χ1) is 9.59. The van der Waals surface area contributed by atoms with Gasteiger partial charge in [0.25, 0.3) is 0 Å². The van der Waals surface area contributed by atoms with Gasteiger partial charge in [-0.2, -0.15) is 5.10 Å². The van der Waals surface area contributed by atoms with Crippen molar-refractivity contribution in [3.8, 4) is 0 Å². The van der Waals surface area contributed by atoms with Crippen LogP contribution >= 0.6 is 0 Å². The topological polar surface area (TPSA) is 50.1 Å². The van der Waals surface area contributed by atoms with Gasteiger partial charge < -0.3 is 10.4 Å². The molecule has 1 aromatic heterocycles. The molecular formula is C16H29N3O. The predicted molar refractivity (Wildman–Crippen MR) is 81.7 cm³/mol. The van der Waals surface area contributed by atoms with Crippen molar-refractivity contribution < 1.29 is 5.11 Å². The molecule has 2 rings (SSSR count). The van der Waals surface area contributed by atoms with E-state index in [2.05, 4.69) is 24.3 Å². The third kappa shape index (κ3) is 3.41. The SMILES string of the molecule is CCCC(O)(CCC)CNC1CCCc2c1cnn2C. The third-order valence-corrected chi connectivity index (χ3v) is 4.48. The standard InChI is InChI=1S/C16H29N3O/c1-4-9-16(20,10-5-2)12-17-14-7-6-8-15-13(14)11-18-19(15)3/h11,14,17,20H,4-10,12H2,1-3H3. The summed E-state index contributed by atoms with van der Waals surface area (Å²) in [6.45, 7) is 4.97. The molecule has 114 valence electrons. The van der Waals surface area contributed by atoms with Gasteiger partial charge in [0, 0.05) is 30.9 Å². The molecule has 0 radical (unpaired) electrons. The quantitative estimate of drug-likeness (QED) is 0.807. The van der Waals surface area contributed by atoms with Crippen molar-refractivity contribution in [2.75, 3.05) is 6.54 Å². The average molecular weight is 279 g/mol. The van der Waals surface area contributed by atoms with Crippen LogP contribution in [-0.2, 0) is 13.5 Å². The molecule has 1 aliphatic carbocycles. The van der Waals surface area contributed by atoms with Crippen LogP contribution in [-0.4, -0.2) is 27.0 Å². The fourth-order valence-electron chi connectivity index (χ4n) is 3.46. The summed E-state index contributed by atoms with van der Waals surface area (Å²) in [4.78, 5) is 0. The Labute approximate surface area is 122 Å². The van der Waals surface area contributed by atoms with Crippen LogP contribution in [0.25, 0.3) is 0 Å². The summed E-state index contributed by atoms with van der Waals surface area (Å²) in [5.74, 6) is 0. The van der Waals surface area contributed by atoms with E-state index in [0.29, 0.717) is 12.6 Å². The Kier molecular flexibility index (Phi) is 5.22. The third-order valence-electron chi connectivity index (χ3n) is 4.48. The summed E-state index contributed by atoms with van der Waals surface area (Å²) in [7, 11) is 2.02. The van der Waals surface area contributed by atoms with Crippen LogP contribution in [0.5, 0.6) is 0 Å². The number of aromatic nitrogens is 2. The molecule has 0 saturated heterocycles. The van der Waals surface area contributed by atoms with Gasteiger partial charge in [-0.25, -0.2) is 0 Å². The van der Waals surface area contributed by atoms with Crippen LogP contribution in [0.1, 0.15) is 69.7 Å². The molecule has 1 atom stereocenters. The summed E-state index contributed by atoms with van der Waals surface area (Å²) >= 11 is 0. The van der Waals surface area contributed by atoms with Gasteiger partial charge in [-0.15, -0.1) is 0 Å². The van der Waals surface area contributed by atoms with E-state index < -0.39 is 5.60 Å². The number of fused-ring (bicyclic) bond motifs is 1. The highest BCUT2D eigenvalue weighted by molar-refractivity contribution is 5.24. The van der Waals surface area contributed by atoms with Gasteiger partial charge in [-0.1, -0.05) is 26.7 Å². The monoisotopic (exact) mass is 279 g/mol. The molecule has 0 fully saturated rings. The number of hydrogen-bond acceptors (Lipinski definition) is 3. The zero-order valence-corrected chi connectivity index (χ0v) is 13.2. The smallest absolute Gasteiger partial charge is 0.0771 e. The minimum absolute atomic E-state index is 0.354. The van der Waals surface area contributed by atoms with Crippen molar-refractivity contribution in [2.24, 2.45) is 7.05 Å². The van der Waals surface area contributed by atoms with Crippen LogP contribution in [0.3, 0.4) is 0 Å². The molecule has 0 aliphatic heterocycles. The first-order valence-electron chi connectivity index (χ1n) is 8.06. The first-order valence-corrected chi connectivity index (χ1v) is 8.06. The number of hydrogen-bond donors (Lipinski definition) is 2. The van der Waals surface area contributed by atoms with Crippen molar-refractivity contribution in [3.63, 3.8) is 0 Å². The van der Waals surface area contributed by atoms with E-state index in [-0.39, 0.29) is 0 Å². The van der Waals surface area contributed by atoms with Gasteiger partial charge in [-0.3, -0.25) is 4.68 Å². The van der Waals surface area contributed by atoms with Crippen molar-refractivity contribution in [3.05, 3.63) is 17.5 Å². The Hall–Kier alpha value is -0.870. The molecule has 1 aromatic rings. The predicted octanol–water partition coefficient (Wildman–Crippen LogP) is 2.72. The second-order valence-electron chi connectivity index (χ2n) is 6.22. The minimum Gasteiger partial charge on any atom is -0.389 e. The highest BCUT2D eigenvalue weighted by atomic mass is 16.3. The number of nitrogens with one attached hydrogen (secondary N) is 1. The van der Waals surface area contributed by atoms with Gasteiger partial charge in [-0.05, 0) is 32.1 Å². The van der Waals surface area contributed by atoms with E-state index in [1.165, 1.54) is 17.7 Å². The molecule has 0 saturated carbocycles. The lowest BCUT2D eigenvalue weighted by atomic mass is 9.89. The summed E-state index contributed by atoms with van der Waals surface area (Å²) in [5, 5.41) is 18.7. The highest BCUT2D eigenvalue weighted by Gasteiger charge is 2.28. The molecular weight excluding hydrogens is 250 g/mol. The summed E-state index contributed by atoms with van der Waals surface area (Å²) in [5.41, 5.74) is 2.13. The molecule has 4 heteroatoms. The van der Waals surface area contributed by atoms with Crippen LogP contribution in [0.4, 0.5) is 0 Å². The van der Waals surface area contributed by atoms with E-state index in [0.717, 1.165) is 38.5 Å². The van der Waals surface area contributed by atoms with Crippen molar-refractivity contribution in [1.82, 2.24) is 15.1 Å². The maximum absolute atomic E-state index is 10.7. The Morgan fingerprint density at radius 3 is 2.75 bits per heavy atom. The number of aliphatic hydroxyl groups is 1. The molecule has 4 nitrogen and oxygen atoms in total. The second kappa shape index (κ2) is 6.72. The van der Waals surface area contributed by atoms with Gasteiger partial charge in [0.2, 0.25) is 0 Å². The van der Waals surface area contributed by atoms with Gasteiger partial charge in [0.1, 0.15) is 0 Å². The molecule has 1 unspecified atom stereocenters. The highest BCUT2D eigenvalue weighted by Crippen LogP contribution is 2.30. The van der Waals surface area contributed by atoms with E-state index in [1.54, 1.807) is 0 Å². The van der Waals surface area contributed by atoms with E-state index in [4.69, 9.17) is 0 Å². The lowest BCUT2D eigenvalue weighted by molar-refractivity contribution is 0.0186. The molecule has 20 heavy (non-hydrogen) atoms. The minimum atomic E-state index is -0.552. The average Bonchev–Trinajstić information content (AvgIpc) is 2.80. The van der Waals surface area contributed by atoms with Crippen LogP contribution in [0, 0.1) is 0 Å². The van der Waals surface area contributed by atoms with E-state index in [9.17, 15) is 5.11 Å². The maximum Gasteiger partial charge on any atom is 0.0771 e. The normalized spacial score (nSPS) is 19.1. The molecule has 0 spiro atoms. The Morgan fingerprint density at radius 1 is 1.40 bits per heavy atom. The van der Waals surface area contributed by atoms with Crippen molar-refractivity contribution in [2.45, 2.75) is 70.4 Å². The molecule has 0 amide bonds. The van der Waals surface area contributed by atoms with Gasteiger partial charge in [0.05, 0.1) is 11.8 Å². The second-order valence-corrected chi connectivity index (χ2v) is 6.22. The summed E-state index contributed by atoms with van der Waals surface area (Å²) in [6.07, 6.45) is 9.27. The molecule has 1 aliphatic rings. The van der Waals surface area contributed by atoms with Crippen LogP contribution < -0.4 is 5.32 Å². The zero-order valence-electron chi connectivity index (χ0n) is 13.2. The molecule has 1 heterocycles. The summed E-state index contributed by atoms with van der Waals surface area (Å²) in [6, 6.07) is 0.354. The lowest BCUT2D eigenvalue weighted by Gasteiger charge is -2.32. The molecule has 0 aromatic carbocycles. The first kappa shape index (κ1) is 15.5. The zero-order chi connectivity index (χ0) is 14.6. The Balaban J connectivity index is 2.00. The fraction of sp³-hybridized carbons (Fsp3) is 0.812. The largest absolute Gasteiger partial charge is 0.389 e. The molecule has 2 N–H and O–H groups in total.